The van der Waals surface area contributed by atoms with Gasteiger partial charge in [0.1, 0.15) is 5.75 Å². The van der Waals surface area contributed by atoms with E-state index in [1.807, 2.05) is 7.05 Å². The highest BCUT2D eigenvalue weighted by molar-refractivity contribution is 5.38. The first-order chi connectivity index (χ1) is 10.1. The van der Waals surface area contributed by atoms with Crippen molar-refractivity contribution in [3.8, 4) is 5.75 Å². The third-order valence-electron chi connectivity index (χ3n) is 4.97. The van der Waals surface area contributed by atoms with Crippen molar-refractivity contribution in [1.29, 1.82) is 0 Å². The van der Waals surface area contributed by atoms with Gasteiger partial charge in [0.2, 0.25) is 0 Å². The second kappa shape index (κ2) is 7.28. The summed E-state index contributed by atoms with van der Waals surface area (Å²) in [5.41, 5.74) is 2.63. The maximum Gasteiger partial charge on any atom is 0.123 e. The fourth-order valence-electron chi connectivity index (χ4n) is 3.34. The summed E-state index contributed by atoms with van der Waals surface area (Å²) in [4.78, 5) is 2.62. The van der Waals surface area contributed by atoms with Gasteiger partial charge in [0.05, 0.1) is 7.11 Å². The van der Waals surface area contributed by atoms with Crippen LogP contribution >= 0.6 is 0 Å². The van der Waals surface area contributed by atoms with Crippen molar-refractivity contribution in [1.82, 2.24) is 10.2 Å². The van der Waals surface area contributed by atoms with Gasteiger partial charge in [-0.25, -0.2) is 0 Å². The van der Waals surface area contributed by atoms with Crippen molar-refractivity contribution in [2.45, 2.75) is 64.7 Å². The summed E-state index contributed by atoms with van der Waals surface area (Å²) < 4.78 is 5.58. The highest BCUT2D eigenvalue weighted by Crippen LogP contribution is 2.29. The second-order valence-corrected chi connectivity index (χ2v) is 6.38. The minimum atomic E-state index is 0.367. The third kappa shape index (κ3) is 3.78. The molecule has 0 aliphatic carbocycles. The SMILES string of the molecule is CNC(C)c1ccc(OC)c(CN2[C@H](C)CCC[C@@H]2C)c1. The molecule has 1 aromatic rings. The van der Waals surface area contributed by atoms with Crippen LogP contribution in [0.5, 0.6) is 5.75 Å². The van der Waals surface area contributed by atoms with Crippen LogP contribution in [0, 0.1) is 0 Å². The topological polar surface area (TPSA) is 24.5 Å². The normalized spacial score (nSPS) is 24.8. The lowest BCUT2D eigenvalue weighted by atomic mass is 9.96. The minimum absolute atomic E-state index is 0.367. The lowest BCUT2D eigenvalue weighted by Crippen LogP contribution is -2.43. The molecule has 0 spiro atoms. The Kier molecular flexibility index (Phi) is 5.65. The van der Waals surface area contributed by atoms with Crippen molar-refractivity contribution in [2.75, 3.05) is 14.2 Å². The molecule has 118 valence electrons. The number of nitrogens with one attached hydrogen (secondary N) is 1. The van der Waals surface area contributed by atoms with E-state index >= 15 is 0 Å². The summed E-state index contributed by atoms with van der Waals surface area (Å²) in [6.45, 7) is 7.87. The predicted octanol–water partition coefficient (Wildman–Crippen LogP) is 3.74. The Morgan fingerprint density at radius 2 is 1.95 bits per heavy atom. The molecule has 0 saturated carbocycles. The maximum absolute atomic E-state index is 5.58. The highest BCUT2D eigenvalue weighted by Gasteiger charge is 2.25. The van der Waals surface area contributed by atoms with Crippen LogP contribution in [0.15, 0.2) is 18.2 Å². The Hall–Kier alpha value is -1.06. The van der Waals surface area contributed by atoms with Crippen LogP contribution in [0.3, 0.4) is 0 Å². The molecule has 1 heterocycles. The zero-order chi connectivity index (χ0) is 15.4. The van der Waals surface area contributed by atoms with Crippen LogP contribution in [0.4, 0.5) is 0 Å². The number of methoxy groups -OCH3 is 1. The van der Waals surface area contributed by atoms with E-state index in [-0.39, 0.29) is 0 Å². The number of hydrogen-bond acceptors (Lipinski definition) is 3. The molecule has 3 heteroatoms. The van der Waals surface area contributed by atoms with Crippen molar-refractivity contribution >= 4 is 0 Å². The number of nitrogens with zero attached hydrogens (tertiary/aromatic N) is 1. The fraction of sp³-hybridized carbons (Fsp3) is 0.667. The molecule has 21 heavy (non-hydrogen) atoms. The lowest BCUT2D eigenvalue weighted by Gasteiger charge is -2.39. The molecule has 2 rings (SSSR count). The standard InChI is InChI=1S/C18H30N2O/c1-13-7-6-8-14(2)20(13)12-17-11-16(15(3)19-4)9-10-18(17)21-5/h9-11,13-15,19H,6-8,12H2,1-5H3/t13-,14+,15?. The van der Waals surface area contributed by atoms with E-state index in [2.05, 4.69) is 49.2 Å². The summed E-state index contributed by atoms with van der Waals surface area (Å²) in [5.74, 6) is 1.01. The van der Waals surface area contributed by atoms with Crippen LogP contribution in [-0.2, 0) is 6.54 Å². The van der Waals surface area contributed by atoms with E-state index in [1.54, 1.807) is 7.11 Å². The smallest absolute Gasteiger partial charge is 0.123 e. The Morgan fingerprint density at radius 1 is 1.29 bits per heavy atom. The Morgan fingerprint density at radius 3 is 2.52 bits per heavy atom. The molecule has 3 atom stereocenters. The number of piperidine rings is 1. The molecule has 1 fully saturated rings. The largest absolute Gasteiger partial charge is 0.496 e. The van der Waals surface area contributed by atoms with Crippen LogP contribution in [0.2, 0.25) is 0 Å². The quantitative estimate of drug-likeness (QED) is 0.894. The molecule has 0 radical (unpaired) electrons. The first kappa shape index (κ1) is 16.3. The van der Waals surface area contributed by atoms with Gasteiger partial charge in [-0.3, -0.25) is 4.90 Å². The molecule has 0 bridgehead atoms. The van der Waals surface area contributed by atoms with Crippen LogP contribution in [0.25, 0.3) is 0 Å². The highest BCUT2D eigenvalue weighted by atomic mass is 16.5. The summed E-state index contributed by atoms with van der Waals surface area (Å²) in [5, 5.41) is 3.31. The fourth-order valence-corrected chi connectivity index (χ4v) is 3.34. The van der Waals surface area contributed by atoms with E-state index in [0.717, 1.165) is 12.3 Å². The van der Waals surface area contributed by atoms with Gasteiger partial charge < -0.3 is 10.1 Å². The third-order valence-corrected chi connectivity index (χ3v) is 4.97. The van der Waals surface area contributed by atoms with Gasteiger partial charge in [0, 0.05) is 30.2 Å². The number of benzene rings is 1. The average Bonchev–Trinajstić information content (AvgIpc) is 2.50. The second-order valence-electron chi connectivity index (χ2n) is 6.38. The van der Waals surface area contributed by atoms with E-state index in [9.17, 15) is 0 Å². The minimum Gasteiger partial charge on any atom is -0.496 e. The van der Waals surface area contributed by atoms with Gasteiger partial charge in [-0.05, 0) is 58.4 Å². The van der Waals surface area contributed by atoms with Gasteiger partial charge in [-0.2, -0.15) is 0 Å². The Balaban J connectivity index is 2.24. The van der Waals surface area contributed by atoms with Crippen molar-refractivity contribution in [2.24, 2.45) is 0 Å². The molecule has 1 unspecified atom stereocenters. The van der Waals surface area contributed by atoms with Gasteiger partial charge in [-0.15, -0.1) is 0 Å². The number of hydrogen-bond donors (Lipinski definition) is 1. The van der Waals surface area contributed by atoms with Crippen LogP contribution in [-0.4, -0.2) is 31.1 Å². The maximum atomic E-state index is 5.58. The molecule has 1 aliphatic heterocycles. The first-order valence-corrected chi connectivity index (χ1v) is 8.16. The predicted molar refractivity (Wildman–Crippen MR) is 88.8 cm³/mol. The van der Waals surface area contributed by atoms with E-state index in [0.29, 0.717) is 18.1 Å². The molecular formula is C18H30N2O. The molecule has 1 saturated heterocycles. The Bertz CT molecular complexity index is 451. The molecule has 1 aliphatic rings. The molecular weight excluding hydrogens is 260 g/mol. The lowest BCUT2D eigenvalue weighted by molar-refractivity contribution is 0.0943. The number of ether oxygens (including phenoxy) is 1. The van der Waals surface area contributed by atoms with Crippen LogP contribution in [0.1, 0.15) is 57.2 Å². The van der Waals surface area contributed by atoms with E-state index < -0.39 is 0 Å². The summed E-state index contributed by atoms with van der Waals surface area (Å²) in [7, 11) is 3.77. The molecule has 1 aromatic carbocycles. The first-order valence-electron chi connectivity index (χ1n) is 8.16. The summed E-state index contributed by atoms with van der Waals surface area (Å²) >= 11 is 0. The zero-order valence-electron chi connectivity index (χ0n) is 14.1. The molecule has 1 N–H and O–H groups in total. The van der Waals surface area contributed by atoms with Gasteiger partial charge in [0.15, 0.2) is 0 Å². The van der Waals surface area contributed by atoms with E-state index in [1.165, 1.54) is 30.4 Å². The average molecular weight is 290 g/mol. The van der Waals surface area contributed by atoms with Gasteiger partial charge in [-0.1, -0.05) is 12.5 Å². The number of likely N-dealkylation sites (tertiary alicyclic amines) is 1. The Labute approximate surface area is 129 Å². The van der Waals surface area contributed by atoms with Gasteiger partial charge in [0.25, 0.3) is 0 Å². The number of rotatable bonds is 5. The van der Waals surface area contributed by atoms with Crippen molar-refractivity contribution < 1.29 is 4.74 Å². The monoisotopic (exact) mass is 290 g/mol. The summed E-state index contributed by atoms with van der Waals surface area (Å²) in [6.07, 6.45) is 3.96. The molecule has 0 amide bonds. The van der Waals surface area contributed by atoms with E-state index in [4.69, 9.17) is 4.74 Å². The molecule has 0 aromatic heterocycles. The van der Waals surface area contributed by atoms with Crippen molar-refractivity contribution in [3.05, 3.63) is 29.3 Å². The van der Waals surface area contributed by atoms with Crippen LogP contribution < -0.4 is 10.1 Å². The van der Waals surface area contributed by atoms with Crippen molar-refractivity contribution in [3.63, 3.8) is 0 Å². The van der Waals surface area contributed by atoms with Gasteiger partial charge >= 0.3 is 0 Å². The summed E-state index contributed by atoms with van der Waals surface area (Å²) in [6, 6.07) is 8.25. The zero-order valence-corrected chi connectivity index (χ0v) is 14.1. The molecule has 3 nitrogen and oxygen atoms in total.